The molecule has 0 unspecified atom stereocenters. The molecule has 4 rings (SSSR count). The number of aliphatic carboxylic acids is 1. The third-order valence-electron chi connectivity index (χ3n) is 4.68. The Morgan fingerprint density at radius 3 is 2.64 bits per heavy atom. The molecule has 1 aliphatic heterocycles. The van der Waals surface area contributed by atoms with Gasteiger partial charge in [0.1, 0.15) is 11.6 Å². The van der Waals surface area contributed by atoms with E-state index in [0.29, 0.717) is 28.8 Å². The van der Waals surface area contributed by atoms with Crippen LogP contribution in [0.1, 0.15) is 21.6 Å². The summed E-state index contributed by atoms with van der Waals surface area (Å²) in [5.41, 5.74) is 1.35. The molecule has 0 radical (unpaired) electrons. The van der Waals surface area contributed by atoms with Gasteiger partial charge in [-0.15, -0.1) is 0 Å². The van der Waals surface area contributed by atoms with Crippen LogP contribution >= 0.6 is 11.6 Å². The van der Waals surface area contributed by atoms with Crippen LogP contribution in [0.25, 0.3) is 16.5 Å². The van der Waals surface area contributed by atoms with E-state index in [9.17, 15) is 23.5 Å². The Labute approximate surface area is 162 Å². The second-order valence-corrected chi connectivity index (χ2v) is 6.83. The number of nitrogens with zero attached hydrogens (tertiary/aromatic N) is 1. The first kappa shape index (κ1) is 18.2. The van der Waals surface area contributed by atoms with Gasteiger partial charge in [-0.3, -0.25) is 4.79 Å². The number of benzene rings is 2. The maximum Gasteiger partial charge on any atom is 0.339 e. The van der Waals surface area contributed by atoms with Gasteiger partial charge in [-0.1, -0.05) is 11.6 Å². The highest BCUT2D eigenvalue weighted by Crippen LogP contribution is 2.32. The van der Waals surface area contributed by atoms with Crippen LogP contribution in [0.4, 0.5) is 8.78 Å². The van der Waals surface area contributed by atoms with E-state index in [1.165, 1.54) is 6.20 Å². The summed E-state index contributed by atoms with van der Waals surface area (Å²) in [5.74, 6) is -3.79. The lowest BCUT2D eigenvalue weighted by molar-refractivity contribution is -0.130. The number of rotatable bonds is 2. The van der Waals surface area contributed by atoms with E-state index in [1.807, 2.05) is 0 Å². The number of carboxylic acid groups (broad SMARTS) is 1. The van der Waals surface area contributed by atoms with Gasteiger partial charge < -0.3 is 15.0 Å². The Balaban J connectivity index is 1.80. The van der Waals surface area contributed by atoms with Crippen LogP contribution in [0.15, 0.2) is 42.6 Å². The number of hydrogen-bond acceptors (Lipinski definition) is 2. The molecule has 8 heteroatoms. The Morgan fingerprint density at radius 2 is 1.93 bits per heavy atom. The predicted molar refractivity (Wildman–Crippen MR) is 100 cm³/mol. The zero-order valence-electron chi connectivity index (χ0n) is 14.3. The number of amides is 1. The first-order valence-electron chi connectivity index (χ1n) is 8.37. The SMILES string of the molecule is O=C(O)C1=CN(C(=O)c2ccc(F)cc2F)CCc2c1[nH]c1ccc(Cl)cc21. The highest BCUT2D eigenvalue weighted by molar-refractivity contribution is 6.31. The van der Waals surface area contributed by atoms with E-state index >= 15 is 0 Å². The van der Waals surface area contributed by atoms with Crippen molar-refractivity contribution < 1.29 is 23.5 Å². The van der Waals surface area contributed by atoms with Gasteiger partial charge in [-0.05, 0) is 42.3 Å². The summed E-state index contributed by atoms with van der Waals surface area (Å²) < 4.78 is 27.2. The summed E-state index contributed by atoms with van der Waals surface area (Å²) >= 11 is 6.07. The summed E-state index contributed by atoms with van der Waals surface area (Å²) in [6.45, 7) is 0.124. The average molecular weight is 403 g/mol. The molecule has 2 N–H and O–H groups in total. The summed E-state index contributed by atoms with van der Waals surface area (Å²) in [6.07, 6.45) is 1.51. The molecule has 0 saturated heterocycles. The lowest BCUT2D eigenvalue weighted by Crippen LogP contribution is -2.28. The lowest BCUT2D eigenvalue weighted by Gasteiger charge is -2.18. The van der Waals surface area contributed by atoms with Crippen molar-refractivity contribution in [2.45, 2.75) is 6.42 Å². The third-order valence-corrected chi connectivity index (χ3v) is 4.91. The topological polar surface area (TPSA) is 73.4 Å². The summed E-state index contributed by atoms with van der Waals surface area (Å²) in [5, 5.41) is 10.9. The maximum absolute atomic E-state index is 14.0. The molecule has 1 aromatic heterocycles. The van der Waals surface area contributed by atoms with Gasteiger partial charge in [0.25, 0.3) is 5.91 Å². The smallest absolute Gasteiger partial charge is 0.339 e. The number of aromatic amines is 1. The minimum absolute atomic E-state index is 0.124. The Kier molecular flexibility index (Phi) is 4.39. The summed E-state index contributed by atoms with van der Waals surface area (Å²) in [6, 6.07) is 7.81. The Morgan fingerprint density at radius 1 is 1.14 bits per heavy atom. The van der Waals surface area contributed by atoms with Gasteiger partial charge in [-0.25, -0.2) is 13.6 Å². The number of fused-ring (bicyclic) bond motifs is 3. The molecule has 0 saturated carbocycles. The molecule has 0 fully saturated rings. The van der Waals surface area contributed by atoms with Gasteiger partial charge >= 0.3 is 5.97 Å². The average Bonchev–Trinajstić information content (AvgIpc) is 2.87. The molecule has 0 spiro atoms. The highest BCUT2D eigenvalue weighted by atomic mass is 35.5. The number of carbonyl (C=O) groups excluding carboxylic acids is 1. The number of carbonyl (C=O) groups is 2. The molecule has 0 atom stereocenters. The van der Waals surface area contributed by atoms with Crippen LogP contribution < -0.4 is 0 Å². The quantitative estimate of drug-likeness (QED) is 0.674. The minimum atomic E-state index is -1.24. The van der Waals surface area contributed by atoms with Crippen LogP contribution in [0.2, 0.25) is 5.02 Å². The normalized spacial score (nSPS) is 13.8. The van der Waals surface area contributed by atoms with Crippen molar-refractivity contribution >= 4 is 40.0 Å². The number of hydrogen-bond donors (Lipinski definition) is 2. The number of halogens is 3. The van der Waals surface area contributed by atoms with Gasteiger partial charge in [0.2, 0.25) is 0 Å². The molecule has 3 aromatic rings. The second-order valence-electron chi connectivity index (χ2n) is 6.39. The largest absolute Gasteiger partial charge is 0.478 e. The molecule has 0 bridgehead atoms. The minimum Gasteiger partial charge on any atom is -0.478 e. The standard InChI is InChI=1S/C20H13ClF2N2O3/c21-10-1-4-17-14(7-10)12-5-6-25(9-15(20(27)28)18(12)24-17)19(26)13-3-2-11(22)8-16(13)23/h1-4,7-9,24H,5-6H2,(H,27,28). The van der Waals surface area contributed by atoms with E-state index in [4.69, 9.17) is 11.6 Å². The molecular weight excluding hydrogens is 390 g/mol. The fourth-order valence-electron chi connectivity index (χ4n) is 3.37. The highest BCUT2D eigenvalue weighted by Gasteiger charge is 2.27. The number of H-pyrrole nitrogens is 1. The monoisotopic (exact) mass is 402 g/mol. The molecule has 2 aromatic carbocycles. The molecular formula is C20H13ClF2N2O3. The van der Waals surface area contributed by atoms with E-state index < -0.39 is 23.5 Å². The summed E-state index contributed by atoms with van der Waals surface area (Å²) in [7, 11) is 0. The fraction of sp³-hybridized carbons (Fsp3) is 0.100. The first-order valence-corrected chi connectivity index (χ1v) is 8.74. The summed E-state index contributed by atoms with van der Waals surface area (Å²) in [4.78, 5) is 28.8. The van der Waals surface area contributed by atoms with Crippen molar-refractivity contribution in [3.63, 3.8) is 0 Å². The van der Waals surface area contributed by atoms with E-state index in [2.05, 4.69) is 4.98 Å². The zero-order valence-corrected chi connectivity index (χ0v) is 15.1. The van der Waals surface area contributed by atoms with E-state index in [1.54, 1.807) is 18.2 Å². The van der Waals surface area contributed by atoms with Crippen LogP contribution in [0, 0.1) is 11.6 Å². The van der Waals surface area contributed by atoms with Gasteiger partial charge in [0.15, 0.2) is 0 Å². The van der Waals surface area contributed by atoms with Crippen molar-refractivity contribution in [1.82, 2.24) is 9.88 Å². The molecule has 142 valence electrons. The number of nitrogens with one attached hydrogen (secondary N) is 1. The molecule has 0 aliphatic carbocycles. The predicted octanol–water partition coefficient (Wildman–Crippen LogP) is 4.22. The van der Waals surface area contributed by atoms with Crippen molar-refractivity contribution in [1.29, 1.82) is 0 Å². The van der Waals surface area contributed by atoms with E-state index in [-0.39, 0.29) is 17.7 Å². The van der Waals surface area contributed by atoms with Crippen molar-refractivity contribution in [3.05, 3.63) is 76.1 Å². The third kappa shape index (κ3) is 3.03. The number of carboxylic acids is 1. The van der Waals surface area contributed by atoms with E-state index in [0.717, 1.165) is 27.9 Å². The Bertz CT molecular complexity index is 1170. The molecule has 5 nitrogen and oxygen atoms in total. The molecule has 28 heavy (non-hydrogen) atoms. The van der Waals surface area contributed by atoms with Crippen molar-refractivity contribution in [2.75, 3.05) is 6.54 Å². The fourth-order valence-corrected chi connectivity index (χ4v) is 3.54. The Hall–Kier alpha value is -3.19. The molecule has 1 amide bonds. The van der Waals surface area contributed by atoms with Crippen LogP contribution in [-0.4, -0.2) is 33.4 Å². The van der Waals surface area contributed by atoms with Crippen molar-refractivity contribution in [3.8, 4) is 0 Å². The van der Waals surface area contributed by atoms with Crippen LogP contribution in [0.5, 0.6) is 0 Å². The van der Waals surface area contributed by atoms with Crippen LogP contribution in [0.3, 0.4) is 0 Å². The van der Waals surface area contributed by atoms with Gasteiger partial charge in [0.05, 0.1) is 16.8 Å². The first-order chi connectivity index (χ1) is 13.3. The van der Waals surface area contributed by atoms with Crippen molar-refractivity contribution in [2.24, 2.45) is 0 Å². The second kappa shape index (κ2) is 6.76. The molecule has 2 heterocycles. The van der Waals surface area contributed by atoms with Crippen LogP contribution in [-0.2, 0) is 11.2 Å². The number of aromatic nitrogens is 1. The van der Waals surface area contributed by atoms with Gasteiger partial charge in [-0.2, -0.15) is 0 Å². The van der Waals surface area contributed by atoms with Gasteiger partial charge in [0, 0.05) is 34.7 Å². The lowest BCUT2D eigenvalue weighted by atomic mass is 10.0. The zero-order chi connectivity index (χ0) is 20.0. The maximum atomic E-state index is 14.0. The molecule has 1 aliphatic rings.